The number of nitrogens with one attached hydrogen (secondary N) is 1. The van der Waals surface area contributed by atoms with Gasteiger partial charge in [-0.1, -0.05) is 36.4 Å². The van der Waals surface area contributed by atoms with Gasteiger partial charge in [0.2, 0.25) is 0 Å². The fraction of sp³-hybridized carbons (Fsp3) is 0.176. The summed E-state index contributed by atoms with van der Waals surface area (Å²) in [7, 11) is 0. The minimum Gasteiger partial charge on any atom is -0.342 e. The van der Waals surface area contributed by atoms with Crippen molar-refractivity contribution in [2.75, 3.05) is 0 Å². The molecule has 0 saturated carbocycles. The second-order valence-corrected chi connectivity index (χ2v) is 4.72. The monoisotopic (exact) mass is 267 g/mol. The molecule has 0 aliphatic heterocycles. The van der Waals surface area contributed by atoms with Gasteiger partial charge in [0.25, 0.3) is 5.91 Å². The fourth-order valence-corrected chi connectivity index (χ4v) is 2.07. The van der Waals surface area contributed by atoms with E-state index >= 15 is 0 Å². The molecular weight excluding hydrogens is 250 g/mol. The Balaban J connectivity index is 2.22. The molecule has 1 amide bonds. The third-order valence-corrected chi connectivity index (χ3v) is 3.21. The Morgan fingerprint density at radius 2 is 1.90 bits per heavy atom. The second kappa shape index (κ2) is 6.15. The first-order valence-electron chi connectivity index (χ1n) is 6.53. The number of fused-ring (bicyclic) bond motifs is 1. The first kappa shape index (κ1) is 14.0. The molecule has 0 heterocycles. The zero-order chi connectivity index (χ0) is 14.5. The van der Waals surface area contributed by atoms with Crippen LogP contribution < -0.4 is 5.32 Å². The maximum Gasteiger partial charge on any atom is 0.251 e. The molecule has 0 bridgehead atoms. The molecule has 1 atom stereocenters. The highest BCUT2D eigenvalue weighted by Gasteiger charge is 2.16. The van der Waals surface area contributed by atoms with Gasteiger partial charge in [-0.3, -0.25) is 9.59 Å². The van der Waals surface area contributed by atoms with Crippen LogP contribution >= 0.6 is 0 Å². The highest BCUT2D eigenvalue weighted by Crippen LogP contribution is 2.15. The summed E-state index contributed by atoms with van der Waals surface area (Å²) in [6.45, 7) is 5.07. The lowest BCUT2D eigenvalue weighted by Crippen LogP contribution is -2.39. The van der Waals surface area contributed by atoms with Crippen molar-refractivity contribution in [2.24, 2.45) is 0 Å². The van der Waals surface area contributed by atoms with Gasteiger partial charge in [0, 0.05) is 5.56 Å². The van der Waals surface area contributed by atoms with Crippen molar-refractivity contribution >= 4 is 22.5 Å². The number of amides is 1. The zero-order valence-electron chi connectivity index (χ0n) is 11.4. The smallest absolute Gasteiger partial charge is 0.251 e. The normalized spacial score (nSPS) is 11.8. The lowest BCUT2D eigenvalue weighted by Gasteiger charge is -2.14. The van der Waals surface area contributed by atoms with Crippen LogP contribution in [-0.4, -0.2) is 17.7 Å². The Morgan fingerprint density at radius 1 is 1.20 bits per heavy atom. The van der Waals surface area contributed by atoms with Crippen LogP contribution in [0.15, 0.2) is 55.1 Å². The molecule has 0 saturated heterocycles. The first-order chi connectivity index (χ1) is 9.61. The van der Waals surface area contributed by atoms with Crippen molar-refractivity contribution in [1.82, 2.24) is 5.32 Å². The molecule has 0 fully saturated rings. The Labute approximate surface area is 118 Å². The van der Waals surface area contributed by atoms with Crippen molar-refractivity contribution in [3.8, 4) is 0 Å². The third kappa shape index (κ3) is 3.12. The van der Waals surface area contributed by atoms with E-state index in [0.717, 1.165) is 10.8 Å². The predicted octanol–water partition coefficient (Wildman–Crippen LogP) is 3.10. The number of carbonyl (C=O) groups is 2. The van der Waals surface area contributed by atoms with Crippen molar-refractivity contribution < 1.29 is 9.59 Å². The summed E-state index contributed by atoms with van der Waals surface area (Å²) < 4.78 is 0. The lowest BCUT2D eigenvalue weighted by molar-refractivity contribution is -0.118. The quantitative estimate of drug-likeness (QED) is 0.846. The van der Waals surface area contributed by atoms with E-state index in [9.17, 15) is 9.59 Å². The zero-order valence-corrected chi connectivity index (χ0v) is 11.4. The van der Waals surface area contributed by atoms with Gasteiger partial charge in [-0.05, 0) is 36.2 Å². The molecule has 3 heteroatoms. The average molecular weight is 267 g/mol. The molecule has 1 unspecified atom stereocenters. The van der Waals surface area contributed by atoms with Crippen LogP contribution in [0.3, 0.4) is 0 Å². The summed E-state index contributed by atoms with van der Waals surface area (Å²) in [6.07, 6.45) is 2.07. The van der Waals surface area contributed by atoms with Crippen molar-refractivity contribution in [3.63, 3.8) is 0 Å². The molecular formula is C17H17NO2. The molecule has 102 valence electrons. The van der Waals surface area contributed by atoms with E-state index in [-0.39, 0.29) is 11.7 Å². The van der Waals surface area contributed by atoms with Crippen LogP contribution in [0.1, 0.15) is 23.7 Å². The summed E-state index contributed by atoms with van der Waals surface area (Å²) in [5.74, 6) is -0.308. The van der Waals surface area contributed by atoms with E-state index in [1.807, 2.05) is 36.4 Å². The highest BCUT2D eigenvalue weighted by atomic mass is 16.2. The van der Waals surface area contributed by atoms with Crippen LogP contribution in [0.25, 0.3) is 10.8 Å². The Hall–Kier alpha value is -2.42. The van der Waals surface area contributed by atoms with E-state index in [1.54, 1.807) is 12.1 Å². The molecule has 3 nitrogen and oxygen atoms in total. The number of hydrogen-bond acceptors (Lipinski definition) is 2. The topological polar surface area (TPSA) is 46.2 Å². The van der Waals surface area contributed by atoms with Crippen LogP contribution in [0, 0.1) is 0 Å². The molecule has 20 heavy (non-hydrogen) atoms. The van der Waals surface area contributed by atoms with Crippen molar-refractivity contribution in [1.29, 1.82) is 0 Å². The Bertz CT molecular complexity index is 661. The number of ketones is 1. The minimum absolute atomic E-state index is 0.0703. The molecule has 2 aromatic rings. The number of benzene rings is 2. The highest BCUT2D eigenvalue weighted by molar-refractivity contribution is 6.00. The number of Topliss-reactive ketones (excluding diaryl/α,β-unsaturated/α-hetero) is 1. The lowest BCUT2D eigenvalue weighted by atomic mass is 10.1. The average Bonchev–Trinajstić information content (AvgIpc) is 2.46. The molecule has 0 aliphatic rings. The number of hydrogen-bond donors (Lipinski definition) is 1. The van der Waals surface area contributed by atoms with Gasteiger partial charge in [0.05, 0.1) is 6.04 Å². The van der Waals surface area contributed by atoms with Crippen molar-refractivity contribution in [2.45, 2.75) is 19.4 Å². The van der Waals surface area contributed by atoms with Gasteiger partial charge in [-0.2, -0.15) is 0 Å². The van der Waals surface area contributed by atoms with E-state index in [0.29, 0.717) is 12.0 Å². The molecule has 0 spiro atoms. The first-order valence-corrected chi connectivity index (χ1v) is 6.53. The van der Waals surface area contributed by atoms with E-state index in [1.165, 1.54) is 6.92 Å². The molecule has 0 aliphatic carbocycles. The van der Waals surface area contributed by atoms with Gasteiger partial charge < -0.3 is 5.32 Å². The van der Waals surface area contributed by atoms with Crippen LogP contribution in [-0.2, 0) is 4.79 Å². The molecule has 1 N–H and O–H groups in total. The van der Waals surface area contributed by atoms with Gasteiger partial charge in [0.15, 0.2) is 5.78 Å². The maximum absolute atomic E-state index is 12.2. The number of rotatable bonds is 5. The summed E-state index contributed by atoms with van der Waals surface area (Å²) in [5.41, 5.74) is 0.555. The minimum atomic E-state index is -0.508. The third-order valence-electron chi connectivity index (χ3n) is 3.21. The summed E-state index contributed by atoms with van der Waals surface area (Å²) >= 11 is 0. The molecule has 0 radical (unpaired) electrons. The van der Waals surface area contributed by atoms with Gasteiger partial charge in [-0.25, -0.2) is 0 Å². The van der Waals surface area contributed by atoms with E-state index in [4.69, 9.17) is 0 Å². The maximum atomic E-state index is 12.2. The van der Waals surface area contributed by atoms with Gasteiger partial charge in [0.1, 0.15) is 0 Å². The second-order valence-electron chi connectivity index (χ2n) is 4.72. The molecule has 2 rings (SSSR count). The van der Waals surface area contributed by atoms with Crippen LogP contribution in [0.2, 0.25) is 0 Å². The predicted molar refractivity (Wildman–Crippen MR) is 80.7 cm³/mol. The van der Waals surface area contributed by atoms with Gasteiger partial charge >= 0.3 is 0 Å². The fourth-order valence-electron chi connectivity index (χ4n) is 2.07. The SMILES string of the molecule is C=CCC(NC(=O)c1ccc2ccccc2c1)C(C)=O. The summed E-state index contributed by atoms with van der Waals surface area (Å²) in [5, 5.41) is 4.82. The van der Waals surface area contributed by atoms with Crippen molar-refractivity contribution in [3.05, 3.63) is 60.7 Å². The number of carbonyl (C=O) groups excluding carboxylic acids is 2. The van der Waals surface area contributed by atoms with E-state index < -0.39 is 6.04 Å². The van der Waals surface area contributed by atoms with E-state index in [2.05, 4.69) is 11.9 Å². The Morgan fingerprint density at radius 3 is 2.55 bits per heavy atom. The molecule has 2 aromatic carbocycles. The standard InChI is InChI=1S/C17H17NO2/c1-3-6-16(12(2)19)18-17(20)15-10-9-13-7-4-5-8-14(13)11-15/h3-5,7-11,16H,1,6H2,2H3,(H,18,20). The van der Waals surface area contributed by atoms with Gasteiger partial charge in [-0.15, -0.1) is 6.58 Å². The van der Waals surface area contributed by atoms with Crippen LogP contribution in [0.4, 0.5) is 0 Å². The molecule has 0 aromatic heterocycles. The Kier molecular flexibility index (Phi) is 4.31. The van der Waals surface area contributed by atoms with Crippen LogP contribution in [0.5, 0.6) is 0 Å². The summed E-state index contributed by atoms with van der Waals surface area (Å²) in [4.78, 5) is 23.6. The summed E-state index contributed by atoms with van der Waals surface area (Å²) in [6, 6.07) is 12.8. The largest absolute Gasteiger partial charge is 0.342 e.